The number of hydrogen-bond acceptors (Lipinski definition) is 4. The lowest BCUT2D eigenvalue weighted by Gasteiger charge is -2.31. The summed E-state index contributed by atoms with van der Waals surface area (Å²) < 4.78 is 19.0. The quantitative estimate of drug-likeness (QED) is 0.852. The van der Waals surface area contributed by atoms with Crippen molar-refractivity contribution in [1.82, 2.24) is 5.32 Å². The molecule has 6 heteroatoms. The number of alkyl carbamates (subject to hydrolysis) is 1. The molecule has 0 aliphatic heterocycles. The number of amides is 1. The molecule has 24 heavy (non-hydrogen) atoms. The Balaban J connectivity index is 3.09. The third-order valence-corrected chi connectivity index (χ3v) is 3.16. The predicted molar refractivity (Wildman–Crippen MR) is 88.1 cm³/mol. The Morgan fingerprint density at radius 3 is 2.21 bits per heavy atom. The van der Waals surface area contributed by atoms with Crippen molar-refractivity contribution in [1.29, 1.82) is 5.26 Å². The minimum absolute atomic E-state index is 0.0856. The van der Waals surface area contributed by atoms with E-state index in [1.807, 2.05) is 0 Å². The number of carbonyl (C=O) groups excluding carboxylic acids is 2. The minimum atomic E-state index is -0.903. The van der Waals surface area contributed by atoms with Gasteiger partial charge in [-0.15, -0.1) is 0 Å². The monoisotopic (exact) mass is 334 g/mol. The van der Waals surface area contributed by atoms with Crippen LogP contribution in [0.25, 0.3) is 0 Å². The Kier molecular flexibility index (Phi) is 5.72. The van der Waals surface area contributed by atoms with E-state index in [1.54, 1.807) is 47.6 Å². The smallest absolute Gasteiger partial charge is 0.408 e. The first-order valence-corrected chi connectivity index (χ1v) is 7.58. The maximum absolute atomic E-state index is 13.8. The molecule has 0 saturated heterocycles. The third-order valence-electron chi connectivity index (χ3n) is 3.16. The van der Waals surface area contributed by atoms with E-state index in [4.69, 9.17) is 10.00 Å². The lowest BCUT2D eigenvalue weighted by molar-refractivity contribution is 0.0446. The number of benzene rings is 1. The average molecular weight is 334 g/mol. The average Bonchev–Trinajstić information content (AvgIpc) is 2.40. The Morgan fingerprint density at radius 2 is 1.79 bits per heavy atom. The van der Waals surface area contributed by atoms with Gasteiger partial charge in [0.2, 0.25) is 0 Å². The van der Waals surface area contributed by atoms with E-state index in [-0.39, 0.29) is 11.1 Å². The molecule has 0 aromatic heterocycles. The van der Waals surface area contributed by atoms with Crippen LogP contribution in [0.1, 0.15) is 57.5 Å². The summed E-state index contributed by atoms with van der Waals surface area (Å²) in [5, 5.41) is 11.3. The molecule has 1 unspecified atom stereocenters. The number of ketones is 1. The fraction of sp³-hybridized carbons (Fsp3) is 0.500. The summed E-state index contributed by atoms with van der Waals surface area (Å²) in [5.74, 6) is -1.22. The zero-order valence-corrected chi connectivity index (χ0v) is 14.9. The van der Waals surface area contributed by atoms with Gasteiger partial charge in [-0.2, -0.15) is 5.26 Å². The van der Waals surface area contributed by atoms with Crippen LogP contribution in [0.3, 0.4) is 0 Å². The van der Waals surface area contributed by atoms with Gasteiger partial charge in [-0.3, -0.25) is 4.79 Å². The Labute approximate surface area is 141 Å². The fourth-order valence-corrected chi connectivity index (χ4v) is 2.03. The van der Waals surface area contributed by atoms with Crippen molar-refractivity contribution in [3.63, 3.8) is 0 Å². The summed E-state index contributed by atoms with van der Waals surface area (Å²) in [7, 11) is 0. The molecule has 0 saturated carbocycles. The van der Waals surface area contributed by atoms with E-state index in [0.717, 1.165) is 6.07 Å². The van der Waals surface area contributed by atoms with E-state index in [1.165, 1.54) is 12.1 Å². The summed E-state index contributed by atoms with van der Waals surface area (Å²) in [6, 6.07) is 4.43. The number of halogens is 1. The van der Waals surface area contributed by atoms with Crippen LogP contribution >= 0.6 is 0 Å². The number of hydrogen-bond donors (Lipinski definition) is 1. The van der Waals surface area contributed by atoms with Crippen LogP contribution in [0.4, 0.5) is 9.18 Å². The first-order valence-electron chi connectivity index (χ1n) is 7.58. The molecule has 130 valence electrons. The summed E-state index contributed by atoms with van der Waals surface area (Å²) in [5.41, 5.74) is -1.37. The van der Waals surface area contributed by atoms with Crippen LogP contribution < -0.4 is 5.32 Å². The minimum Gasteiger partial charge on any atom is -0.444 e. The second-order valence-corrected chi connectivity index (χ2v) is 7.62. The largest absolute Gasteiger partial charge is 0.444 e. The number of rotatable bonds is 3. The molecule has 1 amide bonds. The second-order valence-electron chi connectivity index (χ2n) is 7.62. The highest BCUT2D eigenvalue weighted by atomic mass is 19.1. The molecule has 0 bridgehead atoms. The second kappa shape index (κ2) is 7.00. The van der Waals surface area contributed by atoms with Crippen LogP contribution in [0.2, 0.25) is 0 Å². The molecule has 1 atom stereocenters. The molecule has 0 heterocycles. The van der Waals surface area contributed by atoms with Crippen molar-refractivity contribution in [3.05, 3.63) is 35.1 Å². The SMILES string of the molecule is CC(C)(C)OC(=O)NC(C(=O)c1ccc(C#N)c(F)c1)C(C)(C)C. The maximum atomic E-state index is 13.8. The zero-order valence-electron chi connectivity index (χ0n) is 14.9. The molecule has 1 rings (SSSR count). The number of Topliss-reactive ketones (excluding diaryl/α,β-unsaturated/α-hetero) is 1. The molecule has 0 aliphatic carbocycles. The summed E-state index contributed by atoms with van der Waals surface area (Å²) >= 11 is 0. The first-order chi connectivity index (χ1) is 10.8. The van der Waals surface area contributed by atoms with E-state index in [2.05, 4.69) is 5.32 Å². The normalized spacial score (nSPS) is 12.9. The summed E-state index contributed by atoms with van der Waals surface area (Å²) in [6.45, 7) is 10.5. The van der Waals surface area contributed by atoms with Crippen LogP contribution in [-0.2, 0) is 4.74 Å². The highest BCUT2D eigenvalue weighted by molar-refractivity contribution is 6.02. The van der Waals surface area contributed by atoms with Crippen molar-refractivity contribution < 1.29 is 18.7 Å². The van der Waals surface area contributed by atoms with Crippen molar-refractivity contribution >= 4 is 11.9 Å². The number of nitriles is 1. The van der Waals surface area contributed by atoms with Gasteiger partial charge in [0, 0.05) is 5.56 Å². The summed E-state index contributed by atoms with van der Waals surface area (Å²) in [4.78, 5) is 24.7. The Hall–Kier alpha value is -2.42. The van der Waals surface area contributed by atoms with Gasteiger partial charge in [0.05, 0.1) is 5.56 Å². The van der Waals surface area contributed by atoms with Gasteiger partial charge in [0.1, 0.15) is 23.5 Å². The van der Waals surface area contributed by atoms with Crippen LogP contribution in [0, 0.1) is 22.6 Å². The van der Waals surface area contributed by atoms with E-state index < -0.39 is 34.8 Å². The lowest BCUT2D eigenvalue weighted by Crippen LogP contribution is -2.50. The molecule has 1 aromatic rings. The summed E-state index contributed by atoms with van der Waals surface area (Å²) in [6.07, 6.45) is -0.718. The Morgan fingerprint density at radius 1 is 1.21 bits per heavy atom. The predicted octanol–water partition coefficient (Wildman–Crippen LogP) is 3.82. The topological polar surface area (TPSA) is 79.2 Å². The van der Waals surface area contributed by atoms with Gasteiger partial charge in [-0.1, -0.05) is 20.8 Å². The lowest BCUT2D eigenvalue weighted by atomic mass is 9.82. The van der Waals surface area contributed by atoms with Gasteiger partial charge in [0.15, 0.2) is 5.78 Å². The van der Waals surface area contributed by atoms with E-state index >= 15 is 0 Å². The van der Waals surface area contributed by atoms with Crippen LogP contribution in [0.5, 0.6) is 0 Å². The van der Waals surface area contributed by atoms with Crippen molar-refractivity contribution in [2.45, 2.75) is 53.2 Å². The number of ether oxygens (including phenoxy) is 1. The van der Waals surface area contributed by atoms with Crippen molar-refractivity contribution in [3.8, 4) is 6.07 Å². The Bertz CT molecular complexity index is 679. The molecule has 0 spiro atoms. The van der Waals surface area contributed by atoms with Gasteiger partial charge in [0.25, 0.3) is 0 Å². The number of nitrogens with zero attached hydrogens (tertiary/aromatic N) is 1. The molecule has 0 aliphatic rings. The fourth-order valence-electron chi connectivity index (χ4n) is 2.03. The highest BCUT2D eigenvalue weighted by Crippen LogP contribution is 2.24. The molecule has 1 aromatic carbocycles. The standard InChI is InChI=1S/C18H23FN2O3/c1-17(2,3)15(21-16(23)24-18(4,5)6)14(22)11-7-8-12(10-20)13(19)9-11/h7-9,15H,1-6H3,(H,21,23). The third kappa shape index (κ3) is 5.34. The first kappa shape index (κ1) is 19.6. The van der Waals surface area contributed by atoms with Gasteiger partial charge in [-0.05, 0) is 44.4 Å². The van der Waals surface area contributed by atoms with Crippen molar-refractivity contribution in [2.24, 2.45) is 5.41 Å². The number of nitrogens with one attached hydrogen (secondary N) is 1. The molecular weight excluding hydrogens is 311 g/mol. The van der Waals surface area contributed by atoms with Crippen LogP contribution in [0.15, 0.2) is 18.2 Å². The number of carbonyl (C=O) groups is 2. The van der Waals surface area contributed by atoms with Gasteiger partial charge >= 0.3 is 6.09 Å². The molecule has 0 radical (unpaired) electrons. The highest BCUT2D eigenvalue weighted by Gasteiger charge is 2.34. The van der Waals surface area contributed by atoms with Crippen molar-refractivity contribution in [2.75, 3.05) is 0 Å². The molecular formula is C18H23FN2O3. The molecule has 5 nitrogen and oxygen atoms in total. The van der Waals surface area contributed by atoms with Gasteiger partial charge < -0.3 is 10.1 Å². The van der Waals surface area contributed by atoms with E-state index in [9.17, 15) is 14.0 Å². The molecule has 0 fully saturated rings. The van der Waals surface area contributed by atoms with Crippen LogP contribution in [-0.4, -0.2) is 23.5 Å². The van der Waals surface area contributed by atoms with E-state index in [0.29, 0.717) is 0 Å². The molecule has 1 N–H and O–H groups in total. The van der Waals surface area contributed by atoms with Gasteiger partial charge in [-0.25, -0.2) is 9.18 Å². The zero-order chi connectivity index (χ0) is 18.7. The maximum Gasteiger partial charge on any atom is 0.408 e.